The highest BCUT2D eigenvalue weighted by Gasteiger charge is 2.05. The Morgan fingerprint density at radius 3 is 2.37 bits per heavy atom. The molecule has 0 aliphatic heterocycles. The van der Waals surface area contributed by atoms with Crippen LogP contribution in [0.15, 0.2) is 0 Å². The summed E-state index contributed by atoms with van der Waals surface area (Å²) in [7, 11) is 0. The lowest BCUT2D eigenvalue weighted by atomic mass is 10.1. The molecule has 0 fully saturated rings. The number of hydroxylamine groups is 1. The molecule has 9 nitrogen and oxygen atoms in total. The zero-order chi connectivity index (χ0) is 19.6. The SMILES string of the molecule is CCCCCCCCCCCCONC(=O)NNc1nc(CCOO)ns1. The molecule has 0 saturated heterocycles. The quantitative estimate of drug-likeness (QED) is 0.176. The topological polar surface area (TPSA) is 118 Å². The zero-order valence-electron chi connectivity index (χ0n) is 16.2. The highest BCUT2D eigenvalue weighted by Crippen LogP contribution is 2.11. The number of nitrogens with zero attached hydrogens (tertiary/aromatic N) is 2. The summed E-state index contributed by atoms with van der Waals surface area (Å²) in [5.74, 6) is 0.524. The number of unbranched alkanes of at least 4 members (excludes halogenated alkanes) is 9. The Labute approximate surface area is 165 Å². The molecule has 1 aromatic heterocycles. The van der Waals surface area contributed by atoms with E-state index in [9.17, 15) is 4.79 Å². The molecule has 0 unspecified atom stereocenters. The van der Waals surface area contributed by atoms with E-state index in [0.717, 1.165) is 24.4 Å². The molecule has 2 amide bonds. The number of carbonyl (C=O) groups is 1. The van der Waals surface area contributed by atoms with Crippen molar-refractivity contribution in [3.63, 3.8) is 0 Å². The van der Waals surface area contributed by atoms with Crippen LogP contribution in [0.25, 0.3) is 0 Å². The maximum Gasteiger partial charge on any atom is 0.357 e. The number of carbonyl (C=O) groups excluding carboxylic acids is 1. The van der Waals surface area contributed by atoms with Crippen molar-refractivity contribution in [2.45, 2.75) is 77.6 Å². The summed E-state index contributed by atoms with van der Waals surface area (Å²) in [5.41, 5.74) is 7.36. The number of rotatable bonds is 17. The van der Waals surface area contributed by atoms with Gasteiger partial charge in [-0.15, -0.1) is 0 Å². The first-order valence-corrected chi connectivity index (χ1v) is 10.6. The second-order valence-electron chi connectivity index (χ2n) is 6.31. The van der Waals surface area contributed by atoms with Gasteiger partial charge in [0.2, 0.25) is 5.13 Å². The van der Waals surface area contributed by atoms with Gasteiger partial charge in [-0.25, -0.2) is 25.6 Å². The molecule has 0 spiro atoms. The van der Waals surface area contributed by atoms with Gasteiger partial charge in [-0.3, -0.25) is 15.5 Å². The molecule has 0 radical (unpaired) electrons. The molecule has 0 aliphatic rings. The third-order valence-corrected chi connectivity index (χ3v) is 4.60. The maximum absolute atomic E-state index is 11.6. The van der Waals surface area contributed by atoms with Crippen LogP contribution in [0.5, 0.6) is 0 Å². The summed E-state index contributed by atoms with van der Waals surface area (Å²) in [6.45, 7) is 2.85. The van der Waals surface area contributed by atoms with Gasteiger partial charge in [0, 0.05) is 18.0 Å². The van der Waals surface area contributed by atoms with Crippen molar-refractivity contribution in [3.8, 4) is 0 Å². The van der Waals surface area contributed by atoms with E-state index in [4.69, 9.17) is 10.1 Å². The van der Waals surface area contributed by atoms with Gasteiger partial charge in [0.15, 0.2) is 0 Å². The first kappa shape index (κ1) is 23.5. The number of amides is 2. The fourth-order valence-corrected chi connectivity index (χ4v) is 3.02. The third-order valence-electron chi connectivity index (χ3n) is 3.93. The van der Waals surface area contributed by atoms with E-state index in [0.29, 0.717) is 24.0 Å². The van der Waals surface area contributed by atoms with E-state index < -0.39 is 6.03 Å². The van der Waals surface area contributed by atoms with Crippen LogP contribution in [-0.2, 0) is 16.1 Å². The third kappa shape index (κ3) is 13.3. The number of aromatic nitrogens is 2. The first-order chi connectivity index (χ1) is 13.3. The van der Waals surface area contributed by atoms with Crippen molar-refractivity contribution in [3.05, 3.63) is 5.82 Å². The lowest BCUT2D eigenvalue weighted by Crippen LogP contribution is -2.39. The van der Waals surface area contributed by atoms with Crippen LogP contribution >= 0.6 is 11.5 Å². The van der Waals surface area contributed by atoms with Crippen LogP contribution in [0.2, 0.25) is 0 Å². The Balaban J connectivity index is 1.89. The van der Waals surface area contributed by atoms with Crippen LogP contribution < -0.4 is 16.3 Å². The van der Waals surface area contributed by atoms with Gasteiger partial charge in [-0.1, -0.05) is 64.7 Å². The van der Waals surface area contributed by atoms with Crippen molar-refractivity contribution < 1.29 is 19.8 Å². The molecule has 0 aliphatic carbocycles. The minimum Gasteiger partial charge on any atom is -0.272 e. The van der Waals surface area contributed by atoms with Gasteiger partial charge >= 0.3 is 6.03 Å². The van der Waals surface area contributed by atoms with Crippen LogP contribution in [0.4, 0.5) is 9.93 Å². The average Bonchev–Trinajstić information content (AvgIpc) is 3.13. The summed E-state index contributed by atoms with van der Waals surface area (Å²) in [5, 5.41) is 8.71. The van der Waals surface area contributed by atoms with Crippen molar-refractivity contribution >= 4 is 22.7 Å². The van der Waals surface area contributed by atoms with Crippen LogP contribution in [0, 0.1) is 0 Å². The first-order valence-electron chi connectivity index (χ1n) is 9.79. The second-order valence-corrected chi connectivity index (χ2v) is 7.06. The molecule has 1 aromatic rings. The molecular weight excluding hydrogens is 370 g/mol. The van der Waals surface area contributed by atoms with Gasteiger partial charge in [-0.05, 0) is 6.42 Å². The minimum absolute atomic E-state index is 0.122. The lowest BCUT2D eigenvalue weighted by Gasteiger charge is -2.07. The Morgan fingerprint density at radius 1 is 1.04 bits per heavy atom. The zero-order valence-corrected chi connectivity index (χ0v) is 17.0. The molecule has 1 rings (SSSR count). The number of urea groups is 1. The fourth-order valence-electron chi connectivity index (χ4n) is 2.46. The van der Waals surface area contributed by atoms with Crippen LogP contribution in [-0.4, -0.2) is 33.9 Å². The highest BCUT2D eigenvalue weighted by atomic mass is 32.1. The molecule has 4 N–H and O–H groups in total. The molecular formula is C17H33N5O4S. The fraction of sp³-hybridized carbons (Fsp3) is 0.824. The summed E-state index contributed by atoms with van der Waals surface area (Å²) in [6, 6.07) is -0.502. The number of anilines is 1. The largest absolute Gasteiger partial charge is 0.357 e. The normalized spacial score (nSPS) is 10.7. The van der Waals surface area contributed by atoms with Crippen molar-refractivity contribution in [1.82, 2.24) is 20.3 Å². The molecule has 0 aromatic carbocycles. The molecule has 0 bridgehead atoms. The van der Waals surface area contributed by atoms with Gasteiger partial charge < -0.3 is 0 Å². The summed E-state index contributed by atoms with van der Waals surface area (Å²) in [4.78, 5) is 24.8. The van der Waals surface area contributed by atoms with Crippen molar-refractivity contribution in [1.29, 1.82) is 0 Å². The van der Waals surface area contributed by atoms with Crippen molar-refractivity contribution in [2.75, 3.05) is 18.6 Å². The van der Waals surface area contributed by atoms with E-state index in [2.05, 4.69) is 37.5 Å². The predicted octanol–water partition coefficient (Wildman–Crippen LogP) is 4.05. The van der Waals surface area contributed by atoms with E-state index in [-0.39, 0.29) is 6.61 Å². The Hall–Kier alpha value is -1.49. The predicted molar refractivity (Wildman–Crippen MR) is 105 cm³/mol. The van der Waals surface area contributed by atoms with Gasteiger partial charge in [0.1, 0.15) is 5.82 Å². The monoisotopic (exact) mass is 403 g/mol. The Kier molecular flexibility index (Phi) is 14.5. The highest BCUT2D eigenvalue weighted by molar-refractivity contribution is 7.09. The smallest absolute Gasteiger partial charge is 0.272 e. The standard InChI is InChI=1S/C17H33N5O4S/c1-2-3-4-5-6-7-8-9-10-11-13-25-21-16(23)19-20-17-18-15(22-27-17)12-14-26-24/h24H,2-14H2,1H3,(H,18,20,22)(H2,19,21,23). The molecule has 10 heteroatoms. The molecule has 1 heterocycles. The van der Waals surface area contributed by atoms with Crippen molar-refractivity contribution in [2.24, 2.45) is 0 Å². The average molecular weight is 404 g/mol. The minimum atomic E-state index is -0.502. The Morgan fingerprint density at radius 2 is 1.70 bits per heavy atom. The molecule has 27 heavy (non-hydrogen) atoms. The second kappa shape index (κ2) is 16.7. The van der Waals surface area contributed by atoms with E-state index in [1.165, 1.54) is 51.4 Å². The number of hydrazine groups is 1. The summed E-state index contributed by atoms with van der Waals surface area (Å²) in [6.07, 6.45) is 13.0. The van der Waals surface area contributed by atoms with E-state index in [1.54, 1.807) is 0 Å². The van der Waals surface area contributed by atoms with Gasteiger partial charge in [0.05, 0.1) is 13.2 Å². The molecule has 156 valence electrons. The molecule has 0 atom stereocenters. The lowest BCUT2D eigenvalue weighted by molar-refractivity contribution is -0.241. The molecule has 0 saturated carbocycles. The summed E-state index contributed by atoms with van der Waals surface area (Å²) < 4.78 is 4.04. The number of nitrogens with one attached hydrogen (secondary N) is 3. The summed E-state index contributed by atoms with van der Waals surface area (Å²) >= 11 is 1.10. The van der Waals surface area contributed by atoms with Gasteiger partial charge in [0.25, 0.3) is 0 Å². The van der Waals surface area contributed by atoms with Crippen LogP contribution in [0.3, 0.4) is 0 Å². The maximum atomic E-state index is 11.6. The van der Waals surface area contributed by atoms with Gasteiger partial charge in [-0.2, -0.15) is 4.37 Å². The Bertz CT molecular complexity index is 490. The van der Waals surface area contributed by atoms with E-state index in [1.807, 2.05) is 0 Å². The van der Waals surface area contributed by atoms with E-state index >= 15 is 0 Å². The number of hydrogen-bond acceptors (Lipinski definition) is 8. The number of hydrogen-bond donors (Lipinski definition) is 4. The van der Waals surface area contributed by atoms with Crippen LogP contribution in [0.1, 0.15) is 77.0 Å².